The topological polar surface area (TPSA) is 0 Å². The highest BCUT2D eigenvalue weighted by atomic mass is 35.5. The SMILES string of the molecule is CCC1CCCc2ccc(Cl)cc21. The minimum absolute atomic E-state index is 0.752. The molecule has 1 aliphatic carbocycles. The van der Waals surface area contributed by atoms with Gasteiger partial charge in [0, 0.05) is 5.02 Å². The van der Waals surface area contributed by atoms with Crippen LogP contribution in [0, 0.1) is 0 Å². The molecular formula is C12H15Cl. The third-order valence-corrected chi connectivity index (χ3v) is 3.27. The van der Waals surface area contributed by atoms with E-state index >= 15 is 0 Å². The summed E-state index contributed by atoms with van der Waals surface area (Å²) in [5, 5.41) is 0.888. The van der Waals surface area contributed by atoms with Gasteiger partial charge in [-0.2, -0.15) is 0 Å². The third-order valence-electron chi connectivity index (χ3n) is 3.04. The number of halogens is 1. The van der Waals surface area contributed by atoms with Crippen molar-refractivity contribution in [1.29, 1.82) is 0 Å². The Hall–Kier alpha value is -0.490. The van der Waals surface area contributed by atoms with Gasteiger partial charge >= 0.3 is 0 Å². The molecule has 1 atom stereocenters. The van der Waals surface area contributed by atoms with Crippen molar-refractivity contribution in [2.45, 2.75) is 38.5 Å². The summed E-state index contributed by atoms with van der Waals surface area (Å²) in [7, 11) is 0. The first-order chi connectivity index (χ1) is 6.31. The molecule has 1 aliphatic rings. The van der Waals surface area contributed by atoms with Crippen molar-refractivity contribution in [1.82, 2.24) is 0 Å². The summed E-state index contributed by atoms with van der Waals surface area (Å²) in [6, 6.07) is 6.36. The summed E-state index contributed by atoms with van der Waals surface area (Å²) in [5.74, 6) is 0.752. The van der Waals surface area contributed by atoms with Crippen LogP contribution in [0.3, 0.4) is 0 Å². The van der Waals surface area contributed by atoms with Gasteiger partial charge in [-0.1, -0.05) is 24.6 Å². The number of benzene rings is 1. The molecule has 1 unspecified atom stereocenters. The van der Waals surface area contributed by atoms with E-state index in [0.717, 1.165) is 10.9 Å². The van der Waals surface area contributed by atoms with E-state index in [2.05, 4.69) is 19.1 Å². The summed E-state index contributed by atoms with van der Waals surface area (Å²) >= 11 is 6.00. The lowest BCUT2D eigenvalue weighted by Gasteiger charge is -2.24. The van der Waals surface area contributed by atoms with Gasteiger partial charge in [-0.3, -0.25) is 0 Å². The van der Waals surface area contributed by atoms with Crippen LogP contribution in [0.25, 0.3) is 0 Å². The van der Waals surface area contributed by atoms with Crippen LogP contribution in [-0.2, 0) is 6.42 Å². The molecule has 0 aromatic heterocycles. The van der Waals surface area contributed by atoms with Crippen LogP contribution in [-0.4, -0.2) is 0 Å². The van der Waals surface area contributed by atoms with Gasteiger partial charge in [0.2, 0.25) is 0 Å². The second-order valence-electron chi connectivity index (χ2n) is 3.84. The second-order valence-corrected chi connectivity index (χ2v) is 4.28. The van der Waals surface area contributed by atoms with Gasteiger partial charge in [0.1, 0.15) is 0 Å². The predicted molar refractivity (Wildman–Crippen MR) is 57.4 cm³/mol. The Bertz CT molecular complexity index is 304. The van der Waals surface area contributed by atoms with E-state index in [1.165, 1.54) is 36.8 Å². The van der Waals surface area contributed by atoms with Crippen LogP contribution in [0.2, 0.25) is 5.02 Å². The Balaban J connectivity index is 2.41. The van der Waals surface area contributed by atoms with Gasteiger partial charge in [-0.15, -0.1) is 0 Å². The summed E-state index contributed by atoms with van der Waals surface area (Å²) < 4.78 is 0. The zero-order chi connectivity index (χ0) is 9.26. The maximum absolute atomic E-state index is 6.00. The zero-order valence-corrected chi connectivity index (χ0v) is 8.77. The van der Waals surface area contributed by atoms with E-state index in [1.54, 1.807) is 0 Å². The van der Waals surface area contributed by atoms with E-state index in [4.69, 9.17) is 11.6 Å². The molecule has 0 saturated heterocycles. The van der Waals surface area contributed by atoms with Gasteiger partial charge in [0.25, 0.3) is 0 Å². The maximum Gasteiger partial charge on any atom is 0.0409 e. The van der Waals surface area contributed by atoms with Crippen molar-refractivity contribution < 1.29 is 0 Å². The average Bonchev–Trinajstić information content (AvgIpc) is 2.17. The number of hydrogen-bond acceptors (Lipinski definition) is 0. The van der Waals surface area contributed by atoms with Crippen molar-refractivity contribution in [3.63, 3.8) is 0 Å². The normalized spacial score (nSPS) is 21.2. The highest BCUT2D eigenvalue weighted by Gasteiger charge is 2.18. The molecule has 1 heteroatoms. The molecule has 1 aromatic carbocycles. The molecular weight excluding hydrogens is 180 g/mol. The summed E-state index contributed by atoms with van der Waals surface area (Å²) in [5.41, 5.74) is 3.02. The summed E-state index contributed by atoms with van der Waals surface area (Å²) in [6.07, 6.45) is 5.16. The first kappa shape index (κ1) is 9.08. The minimum Gasteiger partial charge on any atom is -0.0843 e. The predicted octanol–water partition coefficient (Wildman–Crippen LogP) is 4.17. The standard InChI is InChI=1S/C12H15Cl/c1-2-9-4-3-5-10-6-7-11(13)8-12(9)10/h6-9H,2-5H2,1H3. The van der Waals surface area contributed by atoms with Crippen molar-refractivity contribution in [3.8, 4) is 0 Å². The Labute approximate surface area is 84.9 Å². The van der Waals surface area contributed by atoms with Gasteiger partial charge < -0.3 is 0 Å². The lowest BCUT2D eigenvalue weighted by molar-refractivity contribution is 0.540. The Morgan fingerprint density at radius 3 is 3.08 bits per heavy atom. The molecule has 0 aliphatic heterocycles. The fraction of sp³-hybridized carbons (Fsp3) is 0.500. The van der Waals surface area contributed by atoms with E-state index in [9.17, 15) is 0 Å². The fourth-order valence-electron chi connectivity index (χ4n) is 2.29. The highest BCUT2D eigenvalue weighted by molar-refractivity contribution is 6.30. The lowest BCUT2D eigenvalue weighted by Crippen LogP contribution is -2.08. The Morgan fingerprint density at radius 2 is 2.31 bits per heavy atom. The average molecular weight is 195 g/mol. The number of fused-ring (bicyclic) bond motifs is 1. The number of hydrogen-bond donors (Lipinski definition) is 0. The van der Waals surface area contributed by atoms with Crippen molar-refractivity contribution in [2.24, 2.45) is 0 Å². The lowest BCUT2D eigenvalue weighted by atomic mass is 9.81. The molecule has 0 bridgehead atoms. The smallest absolute Gasteiger partial charge is 0.0409 e. The van der Waals surface area contributed by atoms with Crippen molar-refractivity contribution >= 4 is 11.6 Å². The van der Waals surface area contributed by atoms with Gasteiger partial charge in [-0.25, -0.2) is 0 Å². The van der Waals surface area contributed by atoms with Crippen LogP contribution in [0.1, 0.15) is 43.2 Å². The molecule has 0 N–H and O–H groups in total. The molecule has 0 fully saturated rings. The first-order valence-corrected chi connectivity index (χ1v) is 5.47. The number of rotatable bonds is 1. The maximum atomic E-state index is 6.00. The van der Waals surface area contributed by atoms with E-state index < -0.39 is 0 Å². The quantitative estimate of drug-likeness (QED) is 0.630. The Morgan fingerprint density at radius 1 is 1.46 bits per heavy atom. The molecule has 0 nitrogen and oxygen atoms in total. The van der Waals surface area contributed by atoms with Crippen molar-refractivity contribution in [3.05, 3.63) is 34.3 Å². The molecule has 0 spiro atoms. The first-order valence-electron chi connectivity index (χ1n) is 5.09. The molecule has 0 radical (unpaired) electrons. The van der Waals surface area contributed by atoms with Crippen LogP contribution in [0.5, 0.6) is 0 Å². The van der Waals surface area contributed by atoms with Gasteiger partial charge in [0.15, 0.2) is 0 Å². The van der Waals surface area contributed by atoms with Crippen LogP contribution < -0.4 is 0 Å². The Kier molecular flexibility index (Phi) is 2.59. The van der Waals surface area contributed by atoms with E-state index in [-0.39, 0.29) is 0 Å². The van der Waals surface area contributed by atoms with Crippen LogP contribution in [0.4, 0.5) is 0 Å². The minimum atomic E-state index is 0.752. The largest absolute Gasteiger partial charge is 0.0843 e. The second kappa shape index (κ2) is 3.71. The van der Waals surface area contributed by atoms with Gasteiger partial charge in [0.05, 0.1) is 0 Å². The monoisotopic (exact) mass is 194 g/mol. The van der Waals surface area contributed by atoms with Crippen LogP contribution in [0.15, 0.2) is 18.2 Å². The highest BCUT2D eigenvalue weighted by Crippen LogP contribution is 2.35. The molecule has 0 amide bonds. The molecule has 1 aromatic rings. The van der Waals surface area contributed by atoms with Crippen molar-refractivity contribution in [2.75, 3.05) is 0 Å². The third kappa shape index (κ3) is 1.73. The summed E-state index contributed by atoms with van der Waals surface area (Å²) in [6.45, 7) is 2.26. The molecule has 2 rings (SSSR count). The van der Waals surface area contributed by atoms with Crippen LogP contribution >= 0.6 is 11.6 Å². The number of aryl methyl sites for hydroxylation is 1. The zero-order valence-electron chi connectivity index (χ0n) is 8.02. The fourth-order valence-corrected chi connectivity index (χ4v) is 2.47. The summed E-state index contributed by atoms with van der Waals surface area (Å²) in [4.78, 5) is 0. The molecule has 13 heavy (non-hydrogen) atoms. The molecule has 70 valence electrons. The van der Waals surface area contributed by atoms with E-state index in [1.807, 2.05) is 6.07 Å². The molecule has 0 saturated carbocycles. The molecule has 0 heterocycles. The van der Waals surface area contributed by atoms with E-state index in [0.29, 0.717) is 0 Å². The van der Waals surface area contributed by atoms with Gasteiger partial charge in [-0.05, 0) is 54.9 Å².